The van der Waals surface area contributed by atoms with Gasteiger partial charge in [0.25, 0.3) is 0 Å². The maximum absolute atomic E-state index is 13.0. The molecule has 0 bridgehead atoms. The molecule has 2 aromatic carbocycles. The molecule has 0 spiro atoms. The minimum absolute atomic E-state index is 0.110. The van der Waals surface area contributed by atoms with Crippen molar-refractivity contribution in [2.24, 2.45) is 11.1 Å². The molecular formula is C23H30N2O3. The van der Waals surface area contributed by atoms with Gasteiger partial charge in [0, 0.05) is 12.5 Å². The molecule has 0 aromatic heterocycles. The largest absolute Gasteiger partial charge is 0.468 e. The quantitative estimate of drug-likeness (QED) is 0.375. The lowest BCUT2D eigenvalue weighted by atomic mass is 9.75. The Labute approximate surface area is 167 Å². The molecule has 150 valence electrons. The van der Waals surface area contributed by atoms with Crippen LogP contribution in [0.25, 0.3) is 0 Å². The van der Waals surface area contributed by atoms with Crippen molar-refractivity contribution in [2.75, 3.05) is 20.2 Å². The van der Waals surface area contributed by atoms with Crippen LogP contribution < -0.4 is 11.1 Å². The predicted octanol–water partition coefficient (Wildman–Crippen LogP) is 3.24. The van der Waals surface area contributed by atoms with Crippen molar-refractivity contribution in [3.63, 3.8) is 0 Å². The number of carbonyl (C=O) groups is 2. The maximum atomic E-state index is 13.0. The molecule has 0 radical (unpaired) electrons. The molecule has 0 aliphatic rings. The number of ether oxygens (including phenoxy) is 1. The van der Waals surface area contributed by atoms with Gasteiger partial charge in [-0.1, -0.05) is 60.7 Å². The molecule has 3 N–H and O–H groups in total. The Bertz CT molecular complexity index is 709. The van der Waals surface area contributed by atoms with Crippen molar-refractivity contribution in [1.82, 2.24) is 5.32 Å². The van der Waals surface area contributed by atoms with Gasteiger partial charge in [0.15, 0.2) is 0 Å². The standard InChI is InChI=1S/C23H30N2O3/c1-23(22(27)28-2,21(26)25-16-10-9-15-24)17-20(18-11-5-3-6-12-18)19-13-7-4-8-14-19/h3-8,11-14,20H,9-10,15-17,24H2,1-2H3,(H,25,26). The molecule has 0 aliphatic heterocycles. The first-order chi connectivity index (χ1) is 13.5. The summed E-state index contributed by atoms with van der Waals surface area (Å²) in [4.78, 5) is 25.6. The van der Waals surface area contributed by atoms with E-state index in [2.05, 4.69) is 5.32 Å². The SMILES string of the molecule is COC(=O)C(C)(CC(c1ccccc1)c1ccccc1)C(=O)NCCCCN. The third-order valence-corrected chi connectivity index (χ3v) is 5.07. The number of methoxy groups -OCH3 is 1. The summed E-state index contributed by atoms with van der Waals surface area (Å²) in [6.45, 7) is 2.73. The molecule has 1 amide bonds. The minimum Gasteiger partial charge on any atom is -0.468 e. The van der Waals surface area contributed by atoms with Crippen LogP contribution in [0.3, 0.4) is 0 Å². The number of unbranched alkanes of at least 4 members (excludes halogenated alkanes) is 1. The minimum atomic E-state index is -1.30. The number of esters is 1. The van der Waals surface area contributed by atoms with Gasteiger partial charge in [0.05, 0.1) is 7.11 Å². The fourth-order valence-electron chi connectivity index (χ4n) is 3.37. The van der Waals surface area contributed by atoms with E-state index in [0.717, 1.165) is 24.0 Å². The van der Waals surface area contributed by atoms with Gasteiger partial charge in [-0.25, -0.2) is 0 Å². The van der Waals surface area contributed by atoms with Crippen LogP contribution in [0.5, 0.6) is 0 Å². The number of benzene rings is 2. The first-order valence-electron chi connectivity index (χ1n) is 9.69. The molecule has 0 saturated heterocycles. The first-order valence-corrected chi connectivity index (χ1v) is 9.69. The van der Waals surface area contributed by atoms with Gasteiger partial charge in [-0.05, 0) is 43.9 Å². The summed E-state index contributed by atoms with van der Waals surface area (Å²) in [5.41, 5.74) is 6.32. The first kappa shape index (κ1) is 21.6. The zero-order chi connectivity index (χ0) is 20.4. The van der Waals surface area contributed by atoms with Crippen LogP contribution in [0.2, 0.25) is 0 Å². The van der Waals surface area contributed by atoms with Gasteiger partial charge in [0.2, 0.25) is 5.91 Å². The third-order valence-electron chi connectivity index (χ3n) is 5.07. The fourth-order valence-corrected chi connectivity index (χ4v) is 3.37. The number of nitrogens with one attached hydrogen (secondary N) is 1. The number of hydrogen-bond acceptors (Lipinski definition) is 4. The fraction of sp³-hybridized carbons (Fsp3) is 0.391. The van der Waals surface area contributed by atoms with Crippen molar-refractivity contribution >= 4 is 11.9 Å². The molecule has 0 saturated carbocycles. The number of amides is 1. The molecule has 2 rings (SSSR count). The van der Waals surface area contributed by atoms with E-state index < -0.39 is 11.4 Å². The van der Waals surface area contributed by atoms with Crippen LogP contribution in [0.4, 0.5) is 0 Å². The Morgan fingerprint density at radius 3 is 2.00 bits per heavy atom. The average molecular weight is 383 g/mol. The van der Waals surface area contributed by atoms with E-state index in [4.69, 9.17) is 10.5 Å². The van der Waals surface area contributed by atoms with Crippen LogP contribution in [0.15, 0.2) is 60.7 Å². The molecule has 28 heavy (non-hydrogen) atoms. The second-order valence-corrected chi connectivity index (χ2v) is 7.15. The Kier molecular flexibility index (Phi) is 8.20. The Hall–Kier alpha value is -2.66. The summed E-state index contributed by atoms with van der Waals surface area (Å²) in [6, 6.07) is 19.9. The summed E-state index contributed by atoms with van der Waals surface area (Å²) in [6.07, 6.45) is 1.92. The van der Waals surface area contributed by atoms with Gasteiger partial charge in [-0.15, -0.1) is 0 Å². The number of nitrogens with two attached hydrogens (primary N) is 1. The predicted molar refractivity (Wildman–Crippen MR) is 111 cm³/mol. The normalized spacial score (nSPS) is 13.0. The van der Waals surface area contributed by atoms with Crippen LogP contribution in [-0.2, 0) is 14.3 Å². The highest BCUT2D eigenvalue weighted by atomic mass is 16.5. The van der Waals surface area contributed by atoms with Crippen molar-refractivity contribution < 1.29 is 14.3 Å². The van der Waals surface area contributed by atoms with Gasteiger partial charge < -0.3 is 15.8 Å². The zero-order valence-corrected chi connectivity index (χ0v) is 16.7. The van der Waals surface area contributed by atoms with Gasteiger partial charge in [0.1, 0.15) is 5.41 Å². The molecule has 0 aliphatic carbocycles. The lowest BCUT2D eigenvalue weighted by Gasteiger charge is -2.30. The number of hydrogen-bond donors (Lipinski definition) is 2. The average Bonchev–Trinajstić information content (AvgIpc) is 2.75. The molecule has 1 unspecified atom stereocenters. The lowest BCUT2D eigenvalue weighted by molar-refractivity contribution is -0.158. The second kappa shape index (κ2) is 10.6. The molecule has 0 heterocycles. The molecule has 2 aromatic rings. The molecule has 1 atom stereocenters. The lowest BCUT2D eigenvalue weighted by Crippen LogP contribution is -2.46. The molecule has 5 nitrogen and oxygen atoms in total. The van der Waals surface area contributed by atoms with Crippen molar-refractivity contribution in [2.45, 2.75) is 32.1 Å². The van der Waals surface area contributed by atoms with Crippen LogP contribution in [-0.4, -0.2) is 32.1 Å². The van der Waals surface area contributed by atoms with E-state index >= 15 is 0 Å². The monoisotopic (exact) mass is 382 g/mol. The Balaban J connectivity index is 2.32. The van der Waals surface area contributed by atoms with E-state index in [1.165, 1.54) is 7.11 Å². The highest BCUT2D eigenvalue weighted by molar-refractivity contribution is 6.02. The van der Waals surface area contributed by atoms with Crippen LogP contribution >= 0.6 is 0 Å². The number of rotatable bonds is 10. The van der Waals surface area contributed by atoms with E-state index in [-0.39, 0.29) is 11.8 Å². The summed E-state index contributed by atoms with van der Waals surface area (Å²) in [5.74, 6) is -0.949. The van der Waals surface area contributed by atoms with Crippen LogP contribution in [0, 0.1) is 5.41 Å². The zero-order valence-electron chi connectivity index (χ0n) is 16.7. The van der Waals surface area contributed by atoms with Crippen molar-refractivity contribution in [3.05, 3.63) is 71.8 Å². The second-order valence-electron chi connectivity index (χ2n) is 7.15. The summed E-state index contributed by atoms with van der Waals surface area (Å²) in [5, 5.41) is 2.89. The summed E-state index contributed by atoms with van der Waals surface area (Å²) in [7, 11) is 1.32. The molecular weight excluding hydrogens is 352 g/mol. The third kappa shape index (κ3) is 5.42. The smallest absolute Gasteiger partial charge is 0.321 e. The van der Waals surface area contributed by atoms with Crippen LogP contribution in [0.1, 0.15) is 43.2 Å². The highest BCUT2D eigenvalue weighted by Crippen LogP contribution is 2.37. The Morgan fingerprint density at radius 1 is 1.00 bits per heavy atom. The highest BCUT2D eigenvalue weighted by Gasteiger charge is 2.44. The maximum Gasteiger partial charge on any atom is 0.321 e. The van der Waals surface area contributed by atoms with Gasteiger partial charge >= 0.3 is 5.97 Å². The van der Waals surface area contributed by atoms with E-state index in [9.17, 15) is 9.59 Å². The van der Waals surface area contributed by atoms with Gasteiger partial charge in [-0.3, -0.25) is 9.59 Å². The van der Waals surface area contributed by atoms with E-state index in [0.29, 0.717) is 19.5 Å². The topological polar surface area (TPSA) is 81.4 Å². The summed E-state index contributed by atoms with van der Waals surface area (Å²) >= 11 is 0. The number of carbonyl (C=O) groups excluding carboxylic acids is 2. The van der Waals surface area contributed by atoms with Crippen molar-refractivity contribution in [1.29, 1.82) is 0 Å². The van der Waals surface area contributed by atoms with Gasteiger partial charge in [-0.2, -0.15) is 0 Å². The van der Waals surface area contributed by atoms with E-state index in [1.54, 1.807) is 6.92 Å². The molecule has 0 fully saturated rings. The Morgan fingerprint density at radius 2 is 1.54 bits per heavy atom. The molecule has 5 heteroatoms. The van der Waals surface area contributed by atoms with E-state index in [1.807, 2.05) is 60.7 Å². The summed E-state index contributed by atoms with van der Waals surface area (Å²) < 4.78 is 5.02. The van der Waals surface area contributed by atoms with Crippen molar-refractivity contribution in [3.8, 4) is 0 Å².